The number of methoxy groups -OCH3 is 1. The Hall–Kier alpha value is -1.69. The smallest absolute Gasteiger partial charge is 0.125 e. The lowest BCUT2D eigenvalue weighted by atomic mass is 10.0. The molecule has 0 aromatic heterocycles. The van der Waals surface area contributed by atoms with Gasteiger partial charge in [0.2, 0.25) is 0 Å². The van der Waals surface area contributed by atoms with E-state index in [9.17, 15) is 0 Å². The van der Waals surface area contributed by atoms with Crippen LogP contribution in [0.5, 0.6) is 5.75 Å². The Morgan fingerprint density at radius 3 is 2.50 bits per heavy atom. The first-order valence-electron chi connectivity index (χ1n) is 6.33. The molecule has 0 amide bonds. The van der Waals surface area contributed by atoms with Crippen LogP contribution in [0.25, 0.3) is 0 Å². The number of hydrogen-bond acceptors (Lipinski definition) is 3. The predicted molar refractivity (Wildman–Crippen MR) is 73.0 cm³/mol. The van der Waals surface area contributed by atoms with Crippen molar-refractivity contribution in [3.63, 3.8) is 0 Å². The topological polar surface area (TPSA) is 45.0 Å². The van der Waals surface area contributed by atoms with E-state index < -0.39 is 0 Å². The van der Waals surface area contributed by atoms with Gasteiger partial charge in [-0.1, -0.05) is 0 Å². The summed E-state index contributed by atoms with van der Waals surface area (Å²) in [6.45, 7) is 6.96. The second-order valence-electron chi connectivity index (χ2n) is 5.27. The van der Waals surface area contributed by atoms with Gasteiger partial charge in [-0.3, -0.25) is 0 Å². The molecule has 1 aromatic carbocycles. The summed E-state index contributed by atoms with van der Waals surface area (Å²) in [5.41, 5.74) is 4.50. The van der Waals surface area contributed by atoms with Gasteiger partial charge in [-0.2, -0.15) is 5.26 Å². The van der Waals surface area contributed by atoms with Gasteiger partial charge in [0.1, 0.15) is 5.75 Å². The SMILES string of the molecule is COc1c(C)cc(NCC2(C#N)CC2)c(C)c1C. The zero-order valence-corrected chi connectivity index (χ0v) is 11.6. The van der Waals surface area contributed by atoms with E-state index in [1.165, 1.54) is 11.1 Å². The summed E-state index contributed by atoms with van der Waals surface area (Å²) in [6.07, 6.45) is 2.04. The molecule has 0 saturated heterocycles. The molecule has 3 nitrogen and oxygen atoms in total. The molecule has 96 valence electrons. The molecule has 0 unspecified atom stereocenters. The number of nitriles is 1. The summed E-state index contributed by atoms with van der Waals surface area (Å²) in [5.74, 6) is 0.958. The lowest BCUT2D eigenvalue weighted by Crippen LogP contribution is -2.14. The predicted octanol–water partition coefficient (Wildman–Crippen LogP) is 3.34. The van der Waals surface area contributed by atoms with Crippen LogP contribution in [0.3, 0.4) is 0 Å². The summed E-state index contributed by atoms with van der Waals surface area (Å²) in [4.78, 5) is 0. The van der Waals surface area contributed by atoms with Crippen LogP contribution >= 0.6 is 0 Å². The number of nitrogens with zero attached hydrogens (tertiary/aromatic N) is 1. The maximum absolute atomic E-state index is 9.09. The zero-order chi connectivity index (χ0) is 13.3. The standard InChI is InChI=1S/C15H20N2O/c1-10-7-13(11(2)12(3)14(10)18-4)17-9-15(8-16)5-6-15/h7,17H,5-6,9H2,1-4H3. The minimum Gasteiger partial charge on any atom is -0.496 e. The molecule has 1 saturated carbocycles. The highest BCUT2D eigenvalue weighted by atomic mass is 16.5. The van der Waals surface area contributed by atoms with Crippen LogP contribution in [0.1, 0.15) is 29.5 Å². The molecule has 1 aliphatic carbocycles. The molecule has 1 aliphatic rings. The summed E-state index contributed by atoms with van der Waals surface area (Å²) in [6, 6.07) is 4.51. The molecule has 1 aromatic rings. The molecule has 3 heteroatoms. The molecule has 1 fully saturated rings. The molecule has 0 atom stereocenters. The molecular weight excluding hydrogens is 224 g/mol. The molecule has 1 N–H and O–H groups in total. The Labute approximate surface area is 109 Å². The van der Waals surface area contributed by atoms with Gasteiger partial charge in [0.25, 0.3) is 0 Å². The van der Waals surface area contributed by atoms with Gasteiger partial charge in [-0.05, 0) is 56.4 Å². The summed E-state index contributed by atoms with van der Waals surface area (Å²) in [5, 5.41) is 12.5. The van der Waals surface area contributed by atoms with Crippen LogP contribution in [-0.4, -0.2) is 13.7 Å². The molecule has 18 heavy (non-hydrogen) atoms. The van der Waals surface area contributed by atoms with E-state index in [4.69, 9.17) is 10.00 Å². The molecule has 0 bridgehead atoms. The minimum atomic E-state index is -0.117. The number of benzene rings is 1. The number of anilines is 1. The number of rotatable bonds is 4. The first-order chi connectivity index (χ1) is 8.53. The van der Waals surface area contributed by atoms with Gasteiger partial charge < -0.3 is 10.1 Å². The third-order valence-corrected chi connectivity index (χ3v) is 3.94. The van der Waals surface area contributed by atoms with Crippen LogP contribution in [-0.2, 0) is 0 Å². The monoisotopic (exact) mass is 244 g/mol. The van der Waals surface area contributed by atoms with Crippen molar-refractivity contribution in [2.24, 2.45) is 5.41 Å². The van der Waals surface area contributed by atoms with Crippen molar-refractivity contribution >= 4 is 5.69 Å². The highest BCUT2D eigenvalue weighted by Gasteiger charge is 2.42. The normalized spacial score (nSPS) is 15.9. The molecule has 0 radical (unpaired) electrons. The summed E-state index contributed by atoms with van der Waals surface area (Å²) < 4.78 is 5.41. The Morgan fingerprint density at radius 2 is 2.00 bits per heavy atom. The minimum absolute atomic E-state index is 0.117. The van der Waals surface area contributed by atoms with Gasteiger partial charge in [-0.15, -0.1) is 0 Å². The molecule has 0 heterocycles. The van der Waals surface area contributed by atoms with Crippen LogP contribution in [0.4, 0.5) is 5.69 Å². The van der Waals surface area contributed by atoms with Crippen LogP contribution in [0, 0.1) is 37.5 Å². The van der Waals surface area contributed by atoms with E-state index in [1.807, 2.05) is 6.92 Å². The Balaban J connectivity index is 2.22. The third kappa shape index (κ3) is 2.15. The second kappa shape index (κ2) is 4.53. The number of ether oxygens (including phenoxy) is 1. The van der Waals surface area contributed by atoms with E-state index in [-0.39, 0.29) is 5.41 Å². The Morgan fingerprint density at radius 1 is 1.33 bits per heavy atom. The van der Waals surface area contributed by atoms with Crippen LogP contribution in [0.15, 0.2) is 6.07 Å². The van der Waals surface area contributed by atoms with E-state index in [1.54, 1.807) is 7.11 Å². The molecule has 2 rings (SSSR count). The highest BCUT2D eigenvalue weighted by Crippen LogP contribution is 2.45. The third-order valence-electron chi connectivity index (χ3n) is 3.94. The van der Waals surface area contributed by atoms with Crippen molar-refractivity contribution in [3.8, 4) is 11.8 Å². The Bertz CT molecular complexity index is 510. The average Bonchev–Trinajstić information content (AvgIpc) is 3.13. The maximum atomic E-state index is 9.09. The second-order valence-corrected chi connectivity index (χ2v) is 5.27. The zero-order valence-electron chi connectivity index (χ0n) is 11.6. The number of aryl methyl sites for hydroxylation is 1. The van der Waals surface area contributed by atoms with Gasteiger partial charge in [0.05, 0.1) is 18.6 Å². The van der Waals surface area contributed by atoms with Gasteiger partial charge in [0.15, 0.2) is 0 Å². The van der Waals surface area contributed by atoms with Crippen molar-refractivity contribution in [2.45, 2.75) is 33.6 Å². The average molecular weight is 244 g/mol. The summed E-state index contributed by atoms with van der Waals surface area (Å²) in [7, 11) is 1.71. The van der Waals surface area contributed by atoms with Crippen molar-refractivity contribution in [2.75, 3.05) is 19.0 Å². The van der Waals surface area contributed by atoms with E-state index in [2.05, 4.69) is 31.3 Å². The molecular formula is C15H20N2O. The van der Waals surface area contributed by atoms with Crippen molar-refractivity contribution in [1.29, 1.82) is 5.26 Å². The van der Waals surface area contributed by atoms with Crippen molar-refractivity contribution in [1.82, 2.24) is 0 Å². The van der Waals surface area contributed by atoms with Crippen molar-refractivity contribution < 1.29 is 4.74 Å². The maximum Gasteiger partial charge on any atom is 0.125 e. The van der Waals surface area contributed by atoms with Crippen LogP contribution < -0.4 is 10.1 Å². The number of hydrogen-bond donors (Lipinski definition) is 1. The molecule has 0 spiro atoms. The fraction of sp³-hybridized carbons (Fsp3) is 0.533. The quantitative estimate of drug-likeness (QED) is 0.883. The van der Waals surface area contributed by atoms with Crippen LogP contribution in [0.2, 0.25) is 0 Å². The first-order valence-corrected chi connectivity index (χ1v) is 6.33. The largest absolute Gasteiger partial charge is 0.496 e. The van der Waals surface area contributed by atoms with Gasteiger partial charge in [-0.25, -0.2) is 0 Å². The molecule has 0 aliphatic heterocycles. The van der Waals surface area contributed by atoms with E-state index in [0.717, 1.165) is 36.4 Å². The fourth-order valence-corrected chi connectivity index (χ4v) is 2.30. The lowest BCUT2D eigenvalue weighted by Gasteiger charge is -2.18. The summed E-state index contributed by atoms with van der Waals surface area (Å²) >= 11 is 0. The lowest BCUT2D eigenvalue weighted by molar-refractivity contribution is 0.408. The van der Waals surface area contributed by atoms with E-state index >= 15 is 0 Å². The number of nitrogens with one attached hydrogen (secondary N) is 1. The fourth-order valence-electron chi connectivity index (χ4n) is 2.30. The highest BCUT2D eigenvalue weighted by molar-refractivity contribution is 5.61. The van der Waals surface area contributed by atoms with Gasteiger partial charge >= 0.3 is 0 Å². The van der Waals surface area contributed by atoms with Crippen molar-refractivity contribution in [3.05, 3.63) is 22.8 Å². The Kier molecular flexibility index (Phi) is 3.21. The van der Waals surface area contributed by atoms with E-state index in [0.29, 0.717) is 0 Å². The van der Waals surface area contributed by atoms with Gasteiger partial charge in [0, 0.05) is 12.2 Å². The first kappa shape index (κ1) is 12.8.